The maximum atomic E-state index is 12.6. The number of hydrogen-bond acceptors (Lipinski definition) is 1. The van der Waals surface area contributed by atoms with Crippen LogP contribution in [0.15, 0.2) is 60.8 Å². The predicted molar refractivity (Wildman–Crippen MR) is 94.2 cm³/mol. The number of aromatic nitrogens is 1. The molecule has 3 nitrogen and oxygen atoms in total. The largest absolute Gasteiger partial charge is 0.361 e. The number of para-hydroxylation sites is 1. The van der Waals surface area contributed by atoms with E-state index < -0.39 is 0 Å². The van der Waals surface area contributed by atoms with Gasteiger partial charge in [-0.2, -0.15) is 0 Å². The van der Waals surface area contributed by atoms with E-state index in [2.05, 4.69) is 29.2 Å². The third kappa shape index (κ3) is 2.87. The van der Waals surface area contributed by atoms with Crippen LogP contribution in [0.5, 0.6) is 0 Å². The number of aromatic amines is 1. The van der Waals surface area contributed by atoms with Crippen molar-refractivity contribution in [1.29, 1.82) is 0 Å². The molecule has 1 N–H and O–H groups in total. The normalized spacial score (nSPS) is 12.5. The minimum absolute atomic E-state index is 0.0311. The van der Waals surface area contributed by atoms with Gasteiger partial charge in [-0.1, -0.05) is 62.4 Å². The third-order valence-corrected chi connectivity index (χ3v) is 4.26. The first-order valence-corrected chi connectivity index (χ1v) is 7.97. The van der Waals surface area contributed by atoms with Crippen LogP contribution in [0.1, 0.15) is 31.0 Å². The molecule has 0 aliphatic heterocycles. The summed E-state index contributed by atoms with van der Waals surface area (Å²) in [6.45, 7) is 3.88. The number of carbonyl (C=O) groups excluding carboxylic acids is 1. The third-order valence-electron chi connectivity index (χ3n) is 4.26. The van der Waals surface area contributed by atoms with E-state index in [1.807, 2.05) is 62.3 Å². The van der Waals surface area contributed by atoms with E-state index in [0.29, 0.717) is 0 Å². The van der Waals surface area contributed by atoms with Crippen LogP contribution in [0.3, 0.4) is 0 Å². The monoisotopic (exact) mass is 306 g/mol. The Hall–Kier alpha value is -2.55. The molecule has 1 unspecified atom stereocenters. The number of carbonyl (C=O) groups is 1. The average molecular weight is 306 g/mol. The molecule has 1 amide bonds. The molecule has 0 radical (unpaired) electrons. The highest BCUT2D eigenvalue weighted by atomic mass is 16.2. The number of nitrogens with zero attached hydrogens (tertiary/aromatic N) is 1. The average Bonchev–Trinajstić information content (AvgIpc) is 2.99. The van der Waals surface area contributed by atoms with Crippen molar-refractivity contribution < 1.29 is 4.79 Å². The lowest BCUT2D eigenvalue weighted by atomic mass is 9.96. The van der Waals surface area contributed by atoms with Crippen molar-refractivity contribution in [2.75, 3.05) is 7.05 Å². The fourth-order valence-electron chi connectivity index (χ4n) is 3.10. The van der Waals surface area contributed by atoms with Crippen LogP contribution in [0.25, 0.3) is 10.9 Å². The molecule has 0 aliphatic carbocycles. The Balaban J connectivity index is 2.14. The van der Waals surface area contributed by atoms with Crippen LogP contribution in [0.4, 0.5) is 0 Å². The number of H-pyrrole nitrogens is 1. The fraction of sp³-hybridized carbons (Fsp3) is 0.250. The van der Waals surface area contributed by atoms with Gasteiger partial charge >= 0.3 is 0 Å². The summed E-state index contributed by atoms with van der Waals surface area (Å²) in [5.41, 5.74) is 3.34. The topological polar surface area (TPSA) is 36.1 Å². The van der Waals surface area contributed by atoms with E-state index in [0.717, 1.165) is 22.0 Å². The SMILES string of the molecule is CC(C)C(=O)N(C)C(c1ccccc1)c1c[nH]c2ccccc12. The quantitative estimate of drug-likeness (QED) is 0.763. The van der Waals surface area contributed by atoms with E-state index in [-0.39, 0.29) is 17.9 Å². The lowest BCUT2D eigenvalue weighted by Crippen LogP contribution is -2.34. The summed E-state index contributed by atoms with van der Waals surface area (Å²) in [5.74, 6) is 0.112. The summed E-state index contributed by atoms with van der Waals surface area (Å²) in [6.07, 6.45) is 2.02. The molecule has 0 fully saturated rings. The predicted octanol–water partition coefficient (Wildman–Crippen LogP) is 4.37. The van der Waals surface area contributed by atoms with Gasteiger partial charge in [0, 0.05) is 35.6 Å². The highest BCUT2D eigenvalue weighted by Crippen LogP contribution is 2.33. The first-order chi connectivity index (χ1) is 11.1. The summed E-state index contributed by atoms with van der Waals surface area (Å²) in [6, 6.07) is 18.3. The molecule has 1 heterocycles. The molecule has 118 valence electrons. The minimum Gasteiger partial charge on any atom is -0.361 e. The Morgan fingerprint density at radius 1 is 1.00 bits per heavy atom. The first kappa shape index (κ1) is 15.3. The second kappa shape index (κ2) is 6.29. The van der Waals surface area contributed by atoms with Gasteiger partial charge in [0.2, 0.25) is 5.91 Å². The van der Waals surface area contributed by atoms with E-state index in [4.69, 9.17) is 0 Å². The Kier molecular flexibility index (Phi) is 4.20. The second-order valence-corrected chi connectivity index (χ2v) is 6.21. The maximum absolute atomic E-state index is 12.6. The molecular formula is C20H22N2O. The molecule has 3 heteroatoms. The van der Waals surface area contributed by atoms with E-state index >= 15 is 0 Å². The zero-order valence-corrected chi connectivity index (χ0v) is 13.8. The zero-order valence-electron chi connectivity index (χ0n) is 13.8. The lowest BCUT2D eigenvalue weighted by Gasteiger charge is -2.30. The van der Waals surface area contributed by atoms with Crippen molar-refractivity contribution in [1.82, 2.24) is 9.88 Å². The standard InChI is InChI=1S/C20H22N2O/c1-14(2)20(23)22(3)19(15-9-5-4-6-10-15)17-13-21-18-12-8-7-11-16(17)18/h4-14,19,21H,1-3H3. The lowest BCUT2D eigenvalue weighted by molar-refractivity contribution is -0.134. The molecule has 0 spiro atoms. The smallest absolute Gasteiger partial charge is 0.225 e. The molecule has 0 bridgehead atoms. The van der Waals surface area contributed by atoms with Gasteiger partial charge in [0.05, 0.1) is 6.04 Å². The van der Waals surface area contributed by atoms with Crippen molar-refractivity contribution in [3.05, 3.63) is 71.9 Å². The van der Waals surface area contributed by atoms with Crippen LogP contribution in [-0.4, -0.2) is 22.8 Å². The van der Waals surface area contributed by atoms with Crippen LogP contribution < -0.4 is 0 Å². The molecule has 3 aromatic rings. The number of rotatable bonds is 4. The molecule has 1 aromatic heterocycles. The zero-order chi connectivity index (χ0) is 16.4. The highest BCUT2D eigenvalue weighted by molar-refractivity contribution is 5.85. The molecule has 0 saturated heterocycles. The maximum Gasteiger partial charge on any atom is 0.225 e. The van der Waals surface area contributed by atoms with Crippen LogP contribution in [0.2, 0.25) is 0 Å². The summed E-state index contributed by atoms with van der Waals surface area (Å²) in [4.78, 5) is 17.8. The van der Waals surface area contributed by atoms with Crippen LogP contribution >= 0.6 is 0 Å². The number of nitrogens with one attached hydrogen (secondary N) is 1. The molecule has 0 saturated carbocycles. The number of amides is 1. The number of benzene rings is 2. The van der Waals surface area contributed by atoms with Gasteiger partial charge in [-0.15, -0.1) is 0 Å². The van der Waals surface area contributed by atoms with Gasteiger partial charge in [-0.05, 0) is 11.6 Å². The Bertz CT molecular complexity index is 805. The number of hydrogen-bond donors (Lipinski definition) is 1. The van der Waals surface area contributed by atoms with Crippen molar-refractivity contribution in [3.8, 4) is 0 Å². The van der Waals surface area contributed by atoms with Crippen molar-refractivity contribution in [3.63, 3.8) is 0 Å². The Labute approximate surface area is 136 Å². The second-order valence-electron chi connectivity index (χ2n) is 6.21. The molecule has 0 aliphatic rings. The van der Waals surface area contributed by atoms with Gasteiger partial charge in [0.1, 0.15) is 0 Å². The van der Waals surface area contributed by atoms with Crippen LogP contribution in [-0.2, 0) is 4.79 Å². The van der Waals surface area contributed by atoms with E-state index in [1.165, 1.54) is 0 Å². The fourth-order valence-corrected chi connectivity index (χ4v) is 3.10. The molecule has 3 rings (SSSR count). The van der Waals surface area contributed by atoms with Crippen molar-refractivity contribution in [2.45, 2.75) is 19.9 Å². The summed E-state index contributed by atoms with van der Waals surface area (Å²) >= 11 is 0. The highest BCUT2D eigenvalue weighted by Gasteiger charge is 2.26. The van der Waals surface area contributed by atoms with Crippen molar-refractivity contribution in [2.24, 2.45) is 5.92 Å². The molecule has 23 heavy (non-hydrogen) atoms. The van der Waals surface area contributed by atoms with E-state index in [1.54, 1.807) is 0 Å². The number of fused-ring (bicyclic) bond motifs is 1. The summed E-state index contributed by atoms with van der Waals surface area (Å²) < 4.78 is 0. The Morgan fingerprint density at radius 2 is 1.65 bits per heavy atom. The van der Waals surface area contributed by atoms with Gasteiger partial charge in [-0.3, -0.25) is 4.79 Å². The molecule has 2 aromatic carbocycles. The molecule has 1 atom stereocenters. The summed E-state index contributed by atoms with van der Waals surface area (Å²) in [5, 5.41) is 1.16. The van der Waals surface area contributed by atoms with Gasteiger partial charge in [0.25, 0.3) is 0 Å². The van der Waals surface area contributed by atoms with Gasteiger partial charge in [-0.25, -0.2) is 0 Å². The van der Waals surface area contributed by atoms with Crippen LogP contribution in [0, 0.1) is 5.92 Å². The van der Waals surface area contributed by atoms with Crippen molar-refractivity contribution >= 4 is 16.8 Å². The van der Waals surface area contributed by atoms with E-state index in [9.17, 15) is 4.79 Å². The minimum atomic E-state index is -0.0951. The van der Waals surface area contributed by atoms with Gasteiger partial charge < -0.3 is 9.88 Å². The first-order valence-electron chi connectivity index (χ1n) is 7.97. The van der Waals surface area contributed by atoms with Gasteiger partial charge in [0.15, 0.2) is 0 Å². The summed E-state index contributed by atoms with van der Waals surface area (Å²) in [7, 11) is 1.89. The molecular weight excluding hydrogens is 284 g/mol. The Morgan fingerprint density at radius 3 is 2.35 bits per heavy atom.